The topological polar surface area (TPSA) is 26.3 Å². The highest BCUT2D eigenvalue weighted by Gasteiger charge is 2.46. The molecule has 1 aliphatic carbocycles. The standard InChI is InChI=1S/C15H20O2/c1-10-7-5-6-8-11(10)12-9-13(12)14(16)17-15(2,3)4/h5-8,12-13H,9H2,1-4H3/t12-,13-/m1/s1. The zero-order valence-corrected chi connectivity index (χ0v) is 11.0. The maximum absolute atomic E-state index is 11.9. The van der Waals surface area contributed by atoms with Crippen LogP contribution in [0.25, 0.3) is 0 Å². The third-order valence-corrected chi connectivity index (χ3v) is 3.09. The molecule has 0 saturated heterocycles. The van der Waals surface area contributed by atoms with E-state index in [-0.39, 0.29) is 17.5 Å². The Morgan fingerprint density at radius 1 is 1.29 bits per heavy atom. The maximum Gasteiger partial charge on any atom is 0.310 e. The van der Waals surface area contributed by atoms with Crippen molar-refractivity contribution in [2.45, 2.75) is 45.6 Å². The van der Waals surface area contributed by atoms with Crippen LogP contribution in [0.2, 0.25) is 0 Å². The fourth-order valence-corrected chi connectivity index (χ4v) is 2.18. The molecule has 2 atom stereocenters. The summed E-state index contributed by atoms with van der Waals surface area (Å²) in [4.78, 5) is 11.9. The van der Waals surface area contributed by atoms with Gasteiger partial charge in [0.15, 0.2) is 0 Å². The molecule has 0 unspecified atom stereocenters. The van der Waals surface area contributed by atoms with E-state index in [0.717, 1.165) is 6.42 Å². The van der Waals surface area contributed by atoms with Gasteiger partial charge in [0.1, 0.15) is 5.60 Å². The molecular weight excluding hydrogens is 212 g/mol. The van der Waals surface area contributed by atoms with Gasteiger partial charge in [0.25, 0.3) is 0 Å². The van der Waals surface area contributed by atoms with Crippen LogP contribution in [0.5, 0.6) is 0 Å². The van der Waals surface area contributed by atoms with Gasteiger partial charge >= 0.3 is 5.97 Å². The lowest BCUT2D eigenvalue weighted by atomic mass is 10.0. The lowest BCUT2D eigenvalue weighted by Gasteiger charge is -2.19. The average Bonchev–Trinajstić information content (AvgIpc) is 2.95. The molecule has 0 N–H and O–H groups in total. The van der Waals surface area contributed by atoms with Crippen LogP contribution in [0.4, 0.5) is 0 Å². The SMILES string of the molecule is Cc1ccccc1[C@H]1C[C@H]1C(=O)OC(C)(C)C. The Kier molecular flexibility index (Phi) is 2.98. The molecule has 2 nitrogen and oxygen atoms in total. The Balaban J connectivity index is 2.02. The Bertz CT molecular complexity index is 429. The van der Waals surface area contributed by atoms with Crippen molar-refractivity contribution < 1.29 is 9.53 Å². The molecule has 17 heavy (non-hydrogen) atoms. The summed E-state index contributed by atoms with van der Waals surface area (Å²) in [7, 11) is 0. The summed E-state index contributed by atoms with van der Waals surface area (Å²) in [5, 5.41) is 0. The van der Waals surface area contributed by atoms with Gasteiger partial charge in [-0.1, -0.05) is 24.3 Å². The number of benzene rings is 1. The molecule has 1 aromatic carbocycles. The molecule has 1 saturated carbocycles. The first-order valence-electron chi connectivity index (χ1n) is 6.17. The molecule has 1 aliphatic rings. The largest absolute Gasteiger partial charge is 0.460 e. The average molecular weight is 232 g/mol. The van der Waals surface area contributed by atoms with Crippen molar-refractivity contribution in [2.24, 2.45) is 5.92 Å². The van der Waals surface area contributed by atoms with Crippen molar-refractivity contribution >= 4 is 5.97 Å². The molecule has 0 spiro atoms. The molecule has 0 heterocycles. The molecule has 1 aromatic rings. The van der Waals surface area contributed by atoms with Gasteiger partial charge < -0.3 is 4.74 Å². The number of ether oxygens (including phenoxy) is 1. The number of carbonyl (C=O) groups excluding carboxylic acids is 1. The highest BCUT2D eigenvalue weighted by atomic mass is 16.6. The lowest BCUT2D eigenvalue weighted by Crippen LogP contribution is -2.25. The minimum atomic E-state index is -0.379. The van der Waals surface area contributed by atoms with E-state index in [1.165, 1.54) is 11.1 Å². The van der Waals surface area contributed by atoms with Crippen LogP contribution >= 0.6 is 0 Å². The maximum atomic E-state index is 11.9. The van der Waals surface area contributed by atoms with Crippen molar-refractivity contribution in [3.05, 3.63) is 35.4 Å². The normalized spacial score (nSPS) is 23.3. The summed E-state index contributed by atoms with van der Waals surface area (Å²) >= 11 is 0. The quantitative estimate of drug-likeness (QED) is 0.730. The molecule has 1 fully saturated rings. The molecule has 2 rings (SSSR count). The second-order valence-electron chi connectivity index (χ2n) is 5.84. The number of hydrogen-bond donors (Lipinski definition) is 0. The Morgan fingerprint density at radius 3 is 2.53 bits per heavy atom. The van der Waals surface area contributed by atoms with Crippen molar-refractivity contribution in [2.75, 3.05) is 0 Å². The third kappa shape index (κ3) is 2.87. The van der Waals surface area contributed by atoms with Crippen LogP contribution in [0, 0.1) is 12.8 Å². The monoisotopic (exact) mass is 232 g/mol. The zero-order valence-electron chi connectivity index (χ0n) is 11.0. The number of carbonyl (C=O) groups is 1. The first-order chi connectivity index (χ1) is 7.88. The van der Waals surface area contributed by atoms with Gasteiger partial charge in [0.05, 0.1) is 5.92 Å². The highest BCUT2D eigenvalue weighted by Crippen LogP contribution is 2.49. The van der Waals surface area contributed by atoms with Gasteiger partial charge in [-0.2, -0.15) is 0 Å². The minimum absolute atomic E-state index is 0.0502. The van der Waals surface area contributed by atoms with E-state index in [1.54, 1.807) is 0 Å². The summed E-state index contributed by atoms with van der Waals surface area (Å²) in [6.45, 7) is 7.84. The fourth-order valence-electron chi connectivity index (χ4n) is 2.18. The molecule has 0 aliphatic heterocycles. The second-order valence-corrected chi connectivity index (χ2v) is 5.84. The van der Waals surface area contributed by atoms with Crippen molar-refractivity contribution in [3.63, 3.8) is 0 Å². The van der Waals surface area contributed by atoms with Gasteiger partial charge in [-0.3, -0.25) is 4.79 Å². The summed E-state index contributed by atoms with van der Waals surface area (Å²) in [5.74, 6) is 0.382. The van der Waals surface area contributed by atoms with Gasteiger partial charge in [0, 0.05) is 0 Å². The molecule has 92 valence electrons. The third-order valence-electron chi connectivity index (χ3n) is 3.09. The molecule has 0 amide bonds. The molecule has 0 radical (unpaired) electrons. The van der Waals surface area contributed by atoms with Crippen LogP contribution in [-0.2, 0) is 9.53 Å². The van der Waals surface area contributed by atoms with E-state index in [9.17, 15) is 4.79 Å². The van der Waals surface area contributed by atoms with Crippen molar-refractivity contribution in [3.8, 4) is 0 Å². The molecule has 2 heteroatoms. The Labute approximate surface area is 103 Å². The van der Waals surface area contributed by atoms with Crippen LogP contribution in [0.3, 0.4) is 0 Å². The van der Waals surface area contributed by atoms with Crippen molar-refractivity contribution in [1.82, 2.24) is 0 Å². The predicted molar refractivity (Wildman–Crippen MR) is 67.9 cm³/mol. The first kappa shape index (κ1) is 12.2. The van der Waals surface area contributed by atoms with E-state index in [2.05, 4.69) is 19.1 Å². The minimum Gasteiger partial charge on any atom is -0.460 e. The van der Waals surface area contributed by atoms with Crippen LogP contribution < -0.4 is 0 Å². The summed E-state index contributed by atoms with van der Waals surface area (Å²) in [6, 6.07) is 8.28. The van der Waals surface area contributed by atoms with Gasteiger partial charge in [0.2, 0.25) is 0 Å². The van der Waals surface area contributed by atoms with Crippen molar-refractivity contribution in [1.29, 1.82) is 0 Å². The smallest absolute Gasteiger partial charge is 0.310 e. The second kappa shape index (κ2) is 4.17. The van der Waals surface area contributed by atoms with E-state index < -0.39 is 0 Å². The van der Waals surface area contributed by atoms with E-state index in [0.29, 0.717) is 5.92 Å². The zero-order chi connectivity index (χ0) is 12.6. The number of hydrogen-bond acceptors (Lipinski definition) is 2. The van der Waals surface area contributed by atoms with Gasteiger partial charge in [-0.15, -0.1) is 0 Å². The van der Waals surface area contributed by atoms with E-state index >= 15 is 0 Å². The fraction of sp³-hybridized carbons (Fsp3) is 0.533. The summed E-state index contributed by atoms with van der Waals surface area (Å²) in [5.41, 5.74) is 2.18. The van der Waals surface area contributed by atoms with Gasteiger partial charge in [-0.05, 0) is 51.2 Å². The number of aryl methyl sites for hydroxylation is 1. The predicted octanol–water partition coefficient (Wildman–Crippen LogP) is 3.44. The van der Waals surface area contributed by atoms with Gasteiger partial charge in [-0.25, -0.2) is 0 Å². The lowest BCUT2D eigenvalue weighted by molar-refractivity contribution is -0.156. The summed E-state index contributed by atoms with van der Waals surface area (Å²) in [6.07, 6.45) is 0.930. The summed E-state index contributed by atoms with van der Waals surface area (Å²) < 4.78 is 5.41. The van der Waals surface area contributed by atoms with Crippen LogP contribution in [-0.4, -0.2) is 11.6 Å². The Morgan fingerprint density at radius 2 is 1.94 bits per heavy atom. The van der Waals surface area contributed by atoms with Crippen LogP contribution in [0.1, 0.15) is 44.2 Å². The molecule has 0 bridgehead atoms. The van der Waals surface area contributed by atoms with E-state index in [4.69, 9.17) is 4.74 Å². The van der Waals surface area contributed by atoms with E-state index in [1.807, 2.05) is 32.9 Å². The highest BCUT2D eigenvalue weighted by molar-refractivity contribution is 5.78. The van der Waals surface area contributed by atoms with Crippen LogP contribution in [0.15, 0.2) is 24.3 Å². The number of esters is 1. The Hall–Kier alpha value is -1.31. The molecular formula is C15H20O2. The number of rotatable bonds is 2. The molecule has 0 aromatic heterocycles. The first-order valence-corrected chi connectivity index (χ1v) is 6.17.